The molecule has 5 heteroatoms. The highest BCUT2D eigenvalue weighted by atomic mass is 16.6. The van der Waals surface area contributed by atoms with Crippen LogP contribution in [-0.2, 0) is 11.2 Å². The SMILES string of the molecule is CCCCOc1ccc(-c2ccc3c(c2)CCC(C)(C)[C@H]3NC(=O)O[C@H]2CN3CCC2CC3)cc1. The van der Waals surface area contributed by atoms with E-state index in [0.29, 0.717) is 5.92 Å². The Morgan fingerprint density at radius 3 is 2.51 bits per heavy atom. The first kappa shape index (κ1) is 24.2. The third-order valence-electron chi connectivity index (χ3n) is 8.35. The van der Waals surface area contributed by atoms with Crippen LogP contribution in [0.15, 0.2) is 42.5 Å². The summed E-state index contributed by atoms with van der Waals surface area (Å²) in [5, 5.41) is 3.27. The normalized spacial score (nSPS) is 26.6. The zero-order valence-corrected chi connectivity index (χ0v) is 21.5. The molecule has 3 fully saturated rings. The molecule has 3 aliphatic heterocycles. The van der Waals surface area contributed by atoms with Crippen molar-refractivity contribution in [1.29, 1.82) is 0 Å². The van der Waals surface area contributed by atoms with Crippen molar-refractivity contribution in [3.63, 3.8) is 0 Å². The van der Waals surface area contributed by atoms with Gasteiger partial charge in [0, 0.05) is 6.54 Å². The van der Waals surface area contributed by atoms with Gasteiger partial charge in [-0.2, -0.15) is 0 Å². The maximum atomic E-state index is 13.0. The molecule has 0 unspecified atom stereocenters. The lowest BCUT2D eigenvalue weighted by Crippen LogP contribution is -2.53. The molecule has 3 saturated heterocycles. The number of hydrogen-bond donors (Lipinski definition) is 1. The molecule has 0 saturated carbocycles. The number of rotatable bonds is 7. The van der Waals surface area contributed by atoms with E-state index in [0.717, 1.165) is 70.5 Å². The minimum absolute atomic E-state index is 0.0277. The maximum Gasteiger partial charge on any atom is 0.407 e. The van der Waals surface area contributed by atoms with Gasteiger partial charge in [-0.25, -0.2) is 4.79 Å². The van der Waals surface area contributed by atoms with Crippen LogP contribution in [0.2, 0.25) is 0 Å². The van der Waals surface area contributed by atoms with Crippen LogP contribution >= 0.6 is 0 Å². The Bertz CT molecular complexity index is 1020. The number of carbonyl (C=O) groups is 1. The summed E-state index contributed by atoms with van der Waals surface area (Å²) in [6.45, 7) is 10.6. The van der Waals surface area contributed by atoms with Crippen LogP contribution in [0, 0.1) is 11.3 Å². The fourth-order valence-corrected chi connectivity index (χ4v) is 5.99. The second-order valence-corrected chi connectivity index (χ2v) is 11.3. The number of benzene rings is 2. The van der Waals surface area contributed by atoms with Crippen LogP contribution in [0.5, 0.6) is 5.75 Å². The van der Waals surface area contributed by atoms with Crippen LogP contribution in [0.4, 0.5) is 4.79 Å². The van der Waals surface area contributed by atoms with Crippen LogP contribution in [0.1, 0.15) is 70.0 Å². The van der Waals surface area contributed by atoms with Gasteiger partial charge in [-0.1, -0.05) is 57.5 Å². The zero-order valence-electron chi connectivity index (χ0n) is 21.5. The third kappa shape index (κ3) is 5.35. The number of piperidine rings is 3. The molecule has 35 heavy (non-hydrogen) atoms. The summed E-state index contributed by atoms with van der Waals surface area (Å²) in [4.78, 5) is 15.4. The standard InChI is InChI=1S/C30H40N2O3/c1-4-5-18-34-25-9-6-21(7-10-25)23-8-11-26-24(19-23)12-15-30(2,3)28(26)31-29(33)35-27-20-32-16-13-22(27)14-17-32/h6-11,19,22,27-28H,4-5,12-18,20H2,1-3H3,(H,31,33)/t27-,28-/m0/s1. The van der Waals surface area contributed by atoms with Gasteiger partial charge in [0.25, 0.3) is 0 Å². The smallest absolute Gasteiger partial charge is 0.407 e. The highest BCUT2D eigenvalue weighted by molar-refractivity contribution is 5.70. The number of aryl methyl sites for hydroxylation is 1. The molecule has 188 valence electrons. The van der Waals surface area contributed by atoms with Gasteiger partial charge in [0.1, 0.15) is 11.9 Å². The predicted octanol–water partition coefficient (Wildman–Crippen LogP) is 6.37. The number of alkyl carbamates (subject to hydrolysis) is 1. The van der Waals surface area contributed by atoms with Gasteiger partial charge in [0.2, 0.25) is 0 Å². The average molecular weight is 477 g/mol. The van der Waals surface area contributed by atoms with Crippen molar-refractivity contribution in [2.45, 2.75) is 71.4 Å². The van der Waals surface area contributed by atoms with E-state index in [1.807, 2.05) is 0 Å². The highest BCUT2D eigenvalue weighted by Gasteiger charge is 2.40. The Labute approximate surface area is 210 Å². The van der Waals surface area contributed by atoms with Crippen LogP contribution < -0.4 is 10.1 Å². The van der Waals surface area contributed by atoms with E-state index in [1.54, 1.807) is 0 Å². The van der Waals surface area contributed by atoms with Gasteiger partial charge in [0.15, 0.2) is 0 Å². The molecule has 6 rings (SSSR count). The number of nitrogens with one attached hydrogen (secondary N) is 1. The van der Waals surface area contributed by atoms with Crippen LogP contribution in [0.25, 0.3) is 11.1 Å². The van der Waals surface area contributed by atoms with E-state index >= 15 is 0 Å². The minimum Gasteiger partial charge on any atom is -0.494 e. The Morgan fingerprint density at radius 1 is 1.09 bits per heavy atom. The van der Waals surface area contributed by atoms with Crippen LogP contribution in [-0.4, -0.2) is 43.3 Å². The predicted molar refractivity (Wildman–Crippen MR) is 140 cm³/mol. The summed E-state index contributed by atoms with van der Waals surface area (Å²) in [7, 11) is 0. The summed E-state index contributed by atoms with van der Waals surface area (Å²) in [5.41, 5.74) is 4.90. The molecular formula is C30H40N2O3. The summed E-state index contributed by atoms with van der Waals surface area (Å²) < 4.78 is 11.8. The maximum absolute atomic E-state index is 13.0. The van der Waals surface area contributed by atoms with Crippen molar-refractivity contribution in [2.75, 3.05) is 26.2 Å². The van der Waals surface area contributed by atoms with E-state index < -0.39 is 0 Å². The van der Waals surface area contributed by atoms with Crippen molar-refractivity contribution < 1.29 is 14.3 Å². The first-order valence-electron chi connectivity index (χ1n) is 13.5. The van der Waals surface area contributed by atoms with Gasteiger partial charge in [-0.05, 0) is 90.9 Å². The van der Waals surface area contributed by atoms with Gasteiger partial charge in [-0.3, -0.25) is 4.90 Å². The van der Waals surface area contributed by atoms with Crippen molar-refractivity contribution in [1.82, 2.24) is 10.2 Å². The largest absolute Gasteiger partial charge is 0.494 e. The number of carbonyl (C=O) groups excluding carboxylic acids is 1. The second kappa shape index (κ2) is 10.2. The van der Waals surface area contributed by atoms with E-state index in [1.165, 1.54) is 22.3 Å². The topological polar surface area (TPSA) is 50.8 Å². The molecule has 1 aliphatic carbocycles. The fraction of sp³-hybridized carbons (Fsp3) is 0.567. The molecule has 3 heterocycles. The van der Waals surface area contributed by atoms with Gasteiger partial charge in [-0.15, -0.1) is 0 Å². The molecule has 2 aromatic rings. The summed E-state index contributed by atoms with van der Waals surface area (Å²) >= 11 is 0. The third-order valence-corrected chi connectivity index (χ3v) is 8.35. The minimum atomic E-state index is -0.266. The van der Waals surface area contributed by atoms with Crippen molar-refractivity contribution >= 4 is 6.09 Å². The first-order chi connectivity index (χ1) is 16.9. The Balaban J connectivity index is 1.29. The van der Waals surface area contributed by atoms with E-state index in [9.17, 15) is 4.79 Å². The quantitative estimate of drug-likeness (QED) is 0.472. The lowest BCUT2D eigenvalue weighted by molar-refractivity contribution is -0.0353. The lowest BCUT2D eigenvalue weighted by atomic mass is 9.70. The second-order valence-electron chi connectivity index (χ2n) is 11.3. The van der Waals surface area contributed by atoms with E-state index in [2.05, 4.69) is 73.5 Å². The molecule has 5 nitrogen and oxygen atoms in total. The molecule has 0 radical (unpaired) electrons. The lowest BCUT2D eigenvalue weighted by Gasteiger charge is -2.44. The molecule has 2 aromatic carbocycles. The number of ether oxygens (including phenoxy) is 2. The molecule has 2 bridgehead atoms. The monoisotopic (exact) mass is 476 g/mol. The van der Waals surface area contributed by atoms with Gasteiger partial charge in [0.05, 0.1) is 12.6 Å². The number of fused-ring (bicyclic) bond motifs is 4. The Kier molecular flexibility index (Phi) is 7.06. The highest BCUT2D eigenvalue weighted by Crippen LogP contribution is 2.44. The molecule has 1 amide bonds. The summed E-state index contributed by atoms with van der Waals surface area (Å²) in [6.07, 6.45) is 6.30. The van der Waals surface area contributed by atoms with E-state index in [4.69, 9.17) is 9.47 Å². The van der Waals surface area contributed by atoms with Crippen molar-refractivity contribution in [2.24, 2.45) is 11.3 Å². The molecular weight excluding hydrogens is 436 g/mol. The van der Waals surface area contributed by atoms with E-state index in [-0.39, 0.29) is 23.7 Å². The number of amides is 1. The number of hydrogen-bond acceptors (Lipinski definition) is 4. The van der Waals surface area contributed by atoms with Crippen molar-refractivity contribution in [3.05, 3.63) is 53.6 Å². The Hall–Kier alpha value is -2.53. The molecule has 2 atom stereocenters. The van der Waals surface area contributed by atoms with Gasteiger partial charge >= 0.3 is 6.09 Å². The molecule has 1 N–H and O–H groups in total. The number of nitrogens with zero attached hydrogens (tertiary/aromatic N) is 1. The summed E-state index contributed by atoms with van der Waals surface area (Å²) in [6, 6.07) is 15.0. The number of unbranched alkanes of at least 4 members (excludes halogenated alkanes) is 1. The average Bonchev–Trinajstić information content (AvgIpc) is 2.87. The van der Waals surface area contributed by atoms with Crippen molar-refractivity contribution in [3.8, 4) is 16.9 Å². The molecule has 4 aliphatic rings. The molecule has 0 aromatic heterocycles. The zero-order chi connectivity index (χ0) is 24.4. The fourth-order valence-electron chi connectivity index (χ4n) is 5.99. The van der Waals surface area contributed by atoms with Gasteiger partial charge < -0.3 is 14.8 Å². The van der Waals surface area contributed by atoms with Crippen LogP contribution in [0.3, 0.4) is 0 Å². The summed E-state index contributed by atoms with van der Waals surface area (Å²) in [5.74, 6) is 1.44. The first-order valence-corrected chi connectivity index (χ1v) is 13.5. The Morgan fingerprint density at radius 2 is 1.83 bits per heavy atom. The molecule has 0 spiro atoms.